The lowest BCUT2D eigenvalue weighted by Crippen LogP contribution is -3.00. The molecule has 3 nitrogen and oxygen atoms in total. The van der Waals surface area contributed by atoms with E-state index in [9.17, 15) is 0 Å². The molecule has 0 heterocycles. The maximum Gasteiger partial charge on any atom is 0.124 e. The number of rotatable bonds is 7. The van der Waals surface area contributed by atoms with Crippen molar-refractivity contribution in [1.82, 2.24) is 5.32 Å². The van der Waals surface area contributed by atoms with E-state index in [0.29, 0.717) is 19.7 Å². The van der Waals surface area contributed by atoms with E-state index in [0.717, 1.165) is 11.3 Å². The monoisotopic (exact) mass is 292 g/mol. The first kappa shape index (κ1) is 16.5. The standard InChI is InChI=1S/C16H19NO2.ClH/c1-2-11-19-16-8-7-13-5-3-4-6-14(13)15(16)12-17-9-10-18;/h2-8,17-18H,1,9-12H2;1H/p-1. The Labute approximate surface area is 125 Å². The third-order valence-corrected chi connectivity index (χ3v) is 2.94. The first-order valence-corrected chi connectivity index (χ1v) is 6.42. The minimum atomic E-state index is 0. The van der Waals surface area contributed by atoms with Gasteiger partial charge in [0.1, 0.15) is 12.4 Å². The maximum atomic E-state index is 8.86. The smallest absolute Gasteiger partial charge is 0.124 e. The summed E-state index contributed by atoms with van der Waals surface area (Å²) in [6.07, 6.45) is 1.74. The molecule has 2 aromatic carbocycles. The molecule has 0 amide bonds. The fourth-order valence-corrected chi connectivity index (χ4v) is 2.07. The summed E-state index contributed by atoms with van der Waals surface area (Å²) in [6.45, 7) is 5.54. The molecule has 0 aliphatic rings. The van der Waals surface area contributed by atoms with E-state index in [2.05, 4.69) is 30.1 Å². The third kappa shape index (κ3) is 3.97. The molecule has 2 N–H and O–H groups in total. The molecule has 0 bridgehead atoms. The summed E-state index contributed by atoms with van der Waals surface area (Å²) in [7, 11) is 0. The quantitative estimate of drug-likeness (QED) is 0.534. The Balaban J connectivity index is 0.00000200. The van der Waals surface area contributed by atoms with Crippen LogP contribution in [0.1, 0.15) is 5.56 Å². The summed E-state index contributed by atoms with van der Waals surface area (Å²) in [4.78, 5) is 0. The summed E-state index contributed by atoms with van der Waals surface area (Å²) in [5.74, 6) is 0.865. The Morgan fingerprint density at radius 3 is 2.75 bits per heavy atom. The Bertz CT molecular complexity index is 557. The van der Waals surface area contributed by atoms with Crippen molar-refractivity contribution in [2.45, 2.75) is 6.54 Å². The van der Waals surface area contributed by atoms with Crippen LogP contribution in [0.15, 0.2) is 49.1 Å². The predicted molar refractivity (Wildman–Crippen MR) is 78.4 cm³/mol. The van der Waals surface area contributed by atoms with Gasteiger partial charge in [-0.05, 0) is 16.8 Å². The van der Waals surface area contributed by atoms with Crippen LogP contribution < -0.4 is 22.5 Å². The van der Waals surface area contributed by atoms with Crippen molar-refractivity contribution in [1.29, 1.82) is 0 Å². The molecule has 0 spiro atoms. The number of halogens is 1. The van der Waals surface area contributed by atoms with E-state index in [4.69, 9.17) is 9.84 Å². The minimum absolute atomic E-state index is 0. The van der Waals surface area contributed by atoms with Crippen molar-refractivity contribution in [3.8, 4) is 5.75 Å². The lowest BCUT2D eigenvalue weighted by atomic mass is 10.0. The highest BCUT2D eigenvalue weighted by atomic mass is 35.5. The fraction of sp³-hybridized carbons (Fsp3) is 0.250. The van der Waals surface area contributed by atoms with Crippen LogP contribution in [0.4, 0.5) is 0 Å². The average Bonchev–Trinajstić information content (AvgIpc) is 2.46. The summed E-state index contributed by atoms with van der Waals surface area (Å²) >= 11 is 0. The van der Waals surface area contributed by atoms with E-state index in [1.807, 2.05) is 18.2 Å². The van der Waals surface area contributed by atoms with E-state index in [1.165, 1.54) is 10.8 Å². The Kier molecular flexibility index (Phi) is 7.09. The van der Waals surface area contributed by atoms with E-state index >= 15 is 0 Å². The maximum absolute atomic E-state index is 8.86. The van der Waals surface area contributed by atoms with E-state index in [1.54, 1.807) is 6.08 Å². The molecule has 4 heteroatoms. The number of benzene rings is 2. The van der Waals surface area contributed by atoms with E-state index < -0.39 is 0 Å². The Hall–Kier alpha value is -1.55. The molecule has 0 radical (unpaired) electrons. The van der Waals surface area contributed by atoms with Gasteiger partial charge in [0.25, 0.3) is 0 Å². The van der Waals surface area contributed by atoms with Crippen LogP contribution in [-0.2, 0) is 6.54 Å². The van der Waals surface area contributed by atoms with Gasteiger partial charge in [0.15, 0.2) is 0 Å². The molecule has 0 atom stereocenters. The second kappa shape index (κ2) is 8.59. The SMILES string of the molecule is C=CCOc1ccc2ccccc2c1CNCCO.[Cl-]. The van der Waals surface area contributed by atoms with E-state index in [-0.39, 0.29) is 19.0 Å². The van der Waals surface area contributed by atoms with Gasteiger partial charge >= 0.3 is 0 Å². The largest absolute Gasteiger partial charge is 1.00 e. The Morgan fingerprint density at radius 2 is 2.00 bits per heavy atom. The zero-order valence-electron chi connectivity index (χ0n) is 11.3. The van der Waals surface area contributed by atoms with Crippen LogP contribution in [0.3, 0.4) is 0 Å². The van der Waals surface area contributed by atoms with Crippen LogP contribution in [0.2, 0.25) is 0 Å². The number of fused-ring (bicyclic) bond motifs is 1. The average molecular weight is 293 g/mol. The van der Waals surface area contributed by atoms with Crippen LogP contribution >= 0.6 is 0 Å². The highest BCUT2D eigenvalue weighted by molar-refractivity contribution is 5.87. The molecule has 0 fully saturated rings. The summed E-state index contributed by atoms with van der Waals surface area (Å²) in [5, 5.41) is 14.4. The van der Waals surface area contributed by atoms with Gasteiger partial charge in [-0.25, -0.2) is 0 Å². The number of ether oxygens (including phenoxy) is 1. The lowest BCUT2D eigenvalue weighted by molar-refractivity contribution is -0.00000524. The van der Waals surface area contributed by atoms with Crippen LogP contribution in [0, 0.1) is 0 Å². The van der Waals surface area contributed by atoms with Crippen LogP contribution in [0.25, 0.3) is 10.8 Å². The number of hydrogen-bond acceptors (Lipinski definition) is 3. The molecule has 0 aromatic heterocycles. The predicted octanol–water partition coefficient (Wildman–Crippen LogP) is -0.509. The van der Waals surface area contributed by atoms with Crippen molar-refractivity contribution in [3.05, 3.63) is 54.6 Å². The molecular weight excluding hydrogens is 274 g/mol. The van der Waals surface area contributed by atoms with Crippen LogP contribution in [-0.4, -0.2) is 24.9 Å². The molecule has 0 aliphatic carbocycles. The van der Waals surface area contributed by atoms with Gasteiger partial charge in [0, 0.05) is 18.7 Å². The van der Waals surface area contributed by atoms with Crippen LogP contribution in [0.5, 0.6) is 5.75 Å². The minimum Gasteiger partial charge on any atom is -1.00 e. The first-order chi connectivity index (χ1) is 9.36. The zero-order valence-corrected chi connectivity index (χ0v) is 12.1. The van der Waals surface area contributed by atoms with Gasteiger partial charge in [-0.15, -0.1) is 0 Å². The normalized spacial score (nSPS) is 10.1. The highest BCUT2D eigenvalue weighted by Gasteiger charge is 2.08. The van der Waals surface area contributed by atoms with Crippen molar-refractivity contribution in [2.75, 3.05) is 19.8 Å². The summed E-state index contributed by atoms with van der Waals surface area (Å²) < 4.78 is 5.70. The van der Waals surface area contributed by atoms with Crippen molar-refractivity contribution in [2.24, 2.45) is 0 Å². The number of aliphatic hydroxyl groups excluding tert-OH is 1. The van der Waals surface area contributed by atoms with Crippen molar-refractivity contribution >= 4 is 10.8 Å². The second-order valence-electron chi connectivity index (χ2n) is 4.26. The molecule has 0 aliphatic heterocycles. The molecule has 0 saturated heterocycles. The summed E-state index contributed by atoms with van der Waals surface area (Å²) in [6, 6.07) is 12.3. The molecule has 2 rings (SSSR count). The molecule has 20 heavy (non-hydrogen) atoms. The van der Waals surface area contributed by atoms with Gasteiger partial charge in [0.05, 0.1) is 6.61 Å². The van der Waals surface area contributed by atoms with Crippen molar-refractivity contribution in [3.63, 3.8) is 0 Å². The van der Waals surface area contributed by atoms with Gasteiger partial charge in [0.2, 0.25) is 0 Å². The first-order valence-electron chi connectivity index (χ1n) is 6.42. The summed E-state index contributed by atoms with van der Waals surface area (Å²) in [5.41, 5.74) is 1.12. The molecular formula is C16H19ClNO2-. The van der Waals surface area contributed by atoms with Gasteiger partial charge in [-0.1, -0.05) is 43.0 Å². The van der Waals surface area contributed by atoms with Crippen molar-refractivity contribution < 1.29 is 22.3 Å². The number of hydrogen-bond donors (Lipinski definition) is 2. The molecule has 0 saturated carbocycles. The number of aliphatic hydroxyl groups is 1. The Morgan fingerprint density at radius 1 is 1.20 bits per heavy atom. The molecule has 2 aromatic rings. The lowest BCUT2D eigenvalue weighted by Gasteiger charge is -2.14. The second-order valence-corrected chi connectivity index (χ2v) is 4.26. The zero-order chi connectivity index (χ0) is 13.5. The van der Waals surface area contributed by atoms with Gasteiger partial charge < -0.3 is 27.6 Å². The topological polar surface area (TPSA) is 41.5 Å². The fourth-order valence-electron chi connectivity index (χ4n) is 2.07. The van der Waals surface area contributed by atoms with Gasteiger partial charge in [-0.3, -0.25) is 0 Å². The molecule has 0 unspecified atom stereocenters. The highest BCUT2D eigenvalue weighted by Crippen LogP contribution is 2.28. The molecule has 108 valence electrons. The van der Waals surface area contributed by atoms with Gasteiger partial charge in [-0.2, -0.15) is 0 Å². The number of nitrogens with one attached hydrogen (secondary N) is 1. The third-order valence-electron chi connectivity index (χ3n) is 2.94.